The Bertz CT molecular complexity index is 388. The molecule has 3 rings (SSSR count). The second kappa shape index (κ2) is 4.15. The molecule has 0 aliphatic carbocycles. The summed E-state index contributed by atoms with van der Waals surface area (Å²) >= 11 is 0. The number of hydrogen-bond donors (Lipinski definition) is 1. The highest BCUT2D eigenvalue weighted by Crippen LogP contribution is 2.35. The van der Waals surface area contributed by atoms with Crippen LogP contribution < -0.4 is 5.32 Å². The predicted molar refractivity (Wildman–Crippen MR) is 59.8 cm³/mol. The fraction of sp³-hybridized carbons (Fsp3) is 0.538. The zero-order valence-electron chi connectivity index (χ0n) is 9.21. The van der Waals surface area contributed by atoms with Crippen LogP contribution in [0.1, 0.15) is 23.7 Å². The van der Waals surface area contributed by atoms with Crippen LogP contribution in [0.3, 0.4) is 0 Å². The van der Waals surface area contributed by atoms with E-state index < -0.39 is 0 Å². The lowest BCUT2D eigenvalue weighted by molar-refractivity contribution is 0.00656. The largest absolute Gasteiger partial charge is 0.373 e. The number of ether oxygens (including phenoxy) is 1. The molecular formula is C13H16FNO. The van der Waals surface area contributed by atoms with Crippen LogP contribution in [0.15, 0.2) is 18.2 Å². The minimum absolute atomic E-state index is 0.135. The summed E-state index contributed by atoms with van der Waals surface area (Å²) in [5.74, 6) is 0.411. The van der Waals surface area contributed by atoms with Gasteiger partial charge in [-0.3, -0.25) is 0 Å². The molecule has 2 aliphatic rings. The molecule has 16 heavy (non-hydrogen) atoms. The van der Waals surface area contributed by atoms with E-state index in [4.69, 9.17) is 4.74 Å². The number of fused-ring (bicyclic) bond motifs is 1. The lowest BCUT2D eigenvalue weighted by Gasteiger charge is -2.30. The van der Waals surface area contributed by atoms with Crippen molar-refractivity contribution >= 4 is 0 Å². The van der Waals surface area contributed by atoms with Crippen LogP contribution in [0.4, 0.5) is 4.39 Å². The van der Waals surface area contributed by atoms with Crippen LogP contribution in [0.5, 0.6) is 0 Å². The summed E-state index contributed by atoms with van der Waals surface area (Å²) < 4.78 is 19.0. The Kier molecular flexibility index (Phi) is 2.65. The average Bonchev–Trinajstić information content (AvgIpc) is 2.81. The van der Waals surface area contributed by atoms with Gasteiger partial charge in [0, 0.05) is 12.5 Å². The molecule has 0 bridgehead atoms. The predicted octanol–water partition coefficient (Wildman–Crippen LogP) is 2.05. The number of benzene rings is 1. The highest BCUT2D eigenvalue weighted by molar-refractivity contribution is 5.32. The van der Waals surface area contributed by atoms with Crippen LogP contribution in [0.25, 0.3) is 0 Å². The lowest BCUT2D eigenvalue weighted by Crippen LogP contribution is -2.25. The first-order valence-electron chi connectivity index (χ1n) is 5.95. The summed E-state index contributed by atoms with van der Waals surface area (Å²) in [6, 6.07) is 5.10. The van der Waals surface area contributed by atoms with E-state index >= 15 is 0 Å². The lowest BCUT2D eigenvalue weighted by atomic mass is 9.89. The molecule has 2 atom stereocenters. The first-order valence-corrected chi connectivity index (χ1v) is 5.95. The third-order valence-electron chi connectivity index (χ3n) is 3.61. The normalized spacial score (nSPS) is 29.1. The fourth-order valence-corrected chi connectivity index (χ4v) is 2.78. The van der Waals surface area contributed by atoms with E-state index in [1.54, 1.807) is 12.1 Å². The van der Waals surface area contributed by atoms with E-state index in [0.29, 0.717) is 5.92 Å². The van der Waals surface area contributed by atoms with Crippen LogP contribution in [-0.2, 0) is 11.2 Å². The Labute approximate surface area is 94.8 Å². The third kappa shape index (κ3) is 1.74. The molecule has 1 N–H and O–H groups in total. The second-order valence-corrected chi connectivity index (χ2v) is 4.64. The molecule has 1 fully saturated rings. The van der Waals surface area contributed by atoms with Crippen molar-refractivity contribution in [3.05, 3.63) is 35.1 Å². The number of rotatable bonds is 1. The molecule has 2 nitrogen and oxygen atoms in total. The second-order valence-electron chi connectivity index (χ2n) is 4.64. The Balaban J connectivity index is 1.93. The average molecular weight is 221 g/mol. The van der Waals surface area contributed by atoms with Gasteiger partial charge in [0.1, 0.15) is 5.82 Å². The van der Waals surface area contributed by atoms with E-state index in [1.165, 1.54) is 5.56 Å². The maximum Gasteiger partial charge on any atom is 0.123 e. The molecule has 0 aromatic heterocycles. The zero-order chi connectivity index (χ0) is 11.0. The Morgan fingerprint density at radius 1 is 1.38 bits per heavy atom. The Morgan fingerprint density at radius 3 is 3.12 bits per heavy atom. The maximum absolute atomic E-state index is 13.1. The summed E-state index contributed by atoms with van der Waals surface area (Å²) in [4.78, 5) is 0. The van der Waals surface area contributed by atoms with Crippen LogP contribution in [0, 0.1) is 11.7 Å². The quantitative estimate of drug-likeness (QED) is 0.783. The van der Waals surface area contributed by atoms with Crippen molar-refractivity contribution < 1.29 is 9.13 Å². The fourth-order valence-electron chi connectivity index (χ4n) is 2.78. The Morgan fingerprint density at radius 2 is 2.31 bits per heavy atom. The van der Waals surface area contributed by atoms with Crippen LogP contribution in [-0.4, -0.2) is 19.7 Å². The van der Waals surface area contributed by atoms with E-state index in [1.807, 2.05) is 6.07 Å². The van der Waals surface area contributed by atoms with Gasteiger partial charge in [-0.1, -0.05) is 6.07 Å². The summed E-state index contributed by atoms with van der Waals surface area (Å²) in [7, 11) is 0. The highest BCUT2D eigenvalue weighted by Gasteiger charge is 2.30. The molecule has 0 radical (unpaired) electrons. The summed E-state index contributed by atoms with van der Waals surface area (Å²) in [6.07, 6.45) is 2.16. The summed E-state index contributed by atoms with van der Waals surface area (Å²) in [5, 5.41) is 3.36. The van der Waals surface area contributed by atoms with Crippen molar-refractivity contribution in [3.63, 3.8) is 0 Å². The zero-order valence-corrected chi connectivity index (χ0v) is 9.21. The highest BCUT2D eigenvalue weighted by atomic mass is 19.1. The van der Waals surface area contributed by atoms with Gasteiger partial charge in [-0.2, -0.15) is 0 Å². The molecule has 2 aliphatic heterocycles. The van der Waals surface area contributed by atoms with Crippen molar-refractivity contribution in [2.45, 2.75) is 18.9 Å². The van der Waals surface area contributed by atoms with Crippen LogP contribution >= 0.6 is 0 Å². The van der Waals surface area contributed by atoms with E-state index in [-0.39, 0.29) is 11.9 Å². The van der Waals surface area contributed by atoms with Crippen LogP contribution in [0.2, 0.25) is 0 Å². The molecule has 2 unspecified atom stereocenters. The molecule has 0 saturated carbocycles. The number of nitrogens with one attached hydrogen (secondary N) is 1. The van der Waals surface area contributed by atoms with Gasteiger partial charge in [0.05, 0.1) is 12.7 Å². The molecule has 3 heteroatoms. The van der Waals surface area contributed by atoms with Gasteiger partial charge in [-0.05, 0) is 42.6 Å². The van der Waals surface area contributed by atoms with Gasteiger partial charge < -0.3 is 10.1 Å². The number of hydrogen-bond acceptors (Lipinski definition) is 2. The summed E-state index contributed by atoms with van der Waals surface area (Å²) in [5.41, 5.74) is 2.32. The molecule has 1 saturated heterocycles. The van der Waals surface area contributed by atoms with Crippen molar-refractivity contribution in [2.75, 3.05) is 19.7 Å². The minimum Gasteiger partial charge on any atom is -0.373 e. The first-order chi connectivity index (χ1) is 7.84. The summed E-state index contributed by atoms with van der Waals surface area (Å²) in [6.45, 7) is 2.81. The topological polar surface area (TPSA) is 21.3 Å². The molecular weight excluding hydrogens is 205 g/mol. The molecule has 0 amide bonds. The van der Waals surface area contributed by atoms with E-state index in [9.17, 15) is 4.39 Å². The minimum atomic E-state index is -0.135. The Hall–Kier alpha value is -0.930. The van der Waals surface area contributed by atoms with Gasteiger partial charge in [-0.15, -0.1) is 0 Å². The van der Waals surface area contributed by atoms with Gasteiger partial charge in [0.25, 0.3) is 0 Å². The molecule has 1 aromatic carbocycles. The van der Waals surface area contributed by atoms with Crippen molar-refractivity contribution in [1.29, 1.82) is 0 Å². The molecule has 2 heterocycles. The first kappa shape index (κ1) is 10.2. The molecule has 1 aromatic rings. The van der Waals surface area contributed by atoms with Gasteiger partial charge in [0.2, 0.25) is 0 Å². The van der Waals surface area contributed by atoms with Gasteiger partial charge in [-0.25, -0.2) is 4.39 Å². The number of halogens is 1. The molecule has 0 spiro atoms. The SMILES string of the molecule is Fc1ccc2c(c1)CCOC2C1CCNC1. The maximum atomic E-state index is 13.1. The standard InChI is InChI=1S/C13H16FNO/c14-11-1-2-12-9(7-11)4-6-16-13(12)10-3-5-15-8-10/h1-2,7,10,13,15H,3-6,8H2. The van der Waals surface area contributed by atoms with Gasteiger partial charge in [0.15, 0.2) is 0 Å². The van der Waals surface area contributed by atoms with E-state index in [2.05, 4.69) is 5.32 Å². The smallest absolute Gasteiger partial charge is 0.123 e. The third-order valence-corrected chi connectivity index (χ3v) is 3.61. The van der Waals surface area contributed by atoms with Crippen molar-refractivity contribution in [1.82, 2.24) is 5.32 Å². The van der Waals surface area contributed by atoms with Crippen molar-refractivity contribution in [2.24, 2.45) is 5.92 Å². The van der Waals surface area contributed by atoms with E-state index in [0.717, 1.165) is 38.1 Å². The molecule has 86 valence electrons. The van der Waals surface area contributed by atoms with Crippen molar-refractivity contribution in [3.8, 4) is 0 Å². The monoisotopic (exact) mass is 221 g/mol. The van der Waals surface area contributed by atoms with Gasteiger partial charge >= 0.3 is 0 Å².